The van der Waals surface area contributed by atoms with Gasteiger partial charge in [-0.25, -0.2) is 4.98 Å². The molecule has 0 fully saturated rings. The molecular weight excluding hydrogens is 398 g/mol. The molecule has 0 aliphatic heterocycles. The summed E-state index contributed by atoms with van der Waals surface area (Å²) in [6, 6.07) is 19.7. The van der Waals surface area contributed by atoms with Gasteiger partial charge in [-0.15, -0.1) is 0 Å². The predicted octanol–water partition coefficient (Wildman–Crippen LogP) is 5.55. The number of ether oxygens (including phenoxy) is 1. The van der Waals surface area contributed by atoms with Crippen LogP contribution < -0.4 is 10.1 Å². The van der Waals surface area contributed by atoms with Crippen LogP contribution in [0.25, 0.3) is 27.8 Å². The summed E-state index contributed by atoms with van der Waals surface area (Å²) in [6.45, 7) is 3.48. The maximum absolute atomic E-state index is 11.3. The highest BCUT2D eigenvalue weighted by molar-refractivity contribution is 6.31. The maximum atomic E-state index is 11.3. The number of hydrogen-bond donors (Lipinski definition) is 1. The zero-order chi connectivity index (χ0) is 21.3. The molecule has 0 aliphatic carbocycles. The van der Waals surface area contributed by atoms with E-state index >= 15 is 0 Å². The Morgan fingerprint density at radius 2 is 1.97 bits per heavy atom. The summed E-state index contributed by atoms with van der Waals surface area (Å²) in [6.07, 6.45) is 1.81. The van der Waals surface area contributed by atoms with Crippen molar-refractivity contribution < 1.29 is 9.53 Å². The number of fused-ring (bicyclic) bond motifs is 1. The Kier molecular flexibility index (Phi) is 5.46. The molecule has 0 saturated carbocycles. The fourth-order valence-electron chi connectivity index (χ4n) is 3.62. The number of carbonyl (C=O) groups excluding carboxylic acids is 1. The van der Waals surface area contributed by atoms with Gasteiger partial charge in [0.05, 0.1) is 24.2 Å². The first-order valence-electron chi connectivity index (χ1n) is 9.64. The van der Waals surface area contributed by atoms with Gasteiger partial charge < -0.3 is 10.1 Å². The second-order valence-electron chi connectivity index (χ2n) is 7.18. The van der Waals surface area contributed by atoms with E-state index in [1.807, 2.05) is 72.4 Å². The van der Waals surface area contributed by atoms with Gasteiger partial charge in [0.15, 0.2) is 0 Å². The molecule has 5 nitrogen and oxygen atoms in total. The third-order valence-corrected chi connectivity index (χ3v) is 5.32. The lowest BCUT2D eigenvalue weighted by Crippen LogP contribution is -2.23. The predicted molar refractivity (Wildman–Crippen MR) is 120 cm³/mol. The van der Waals surface area contributed by atoms with E-state index in [-0.39, 0.29) is 11.9 Å². The highest BCUT2D eigenvalue weighted by Crippen LogP contribution is 2.34. The molecule has 1 atom stereocenters. The molecule has 1 unspecified atom stereocenters. The van der Waals surface area contributed by atoms with Crippen molar-refractivity contribution in [1.82, 2.24) is 14.9 Å². The van der Waals surface area contributed by atoms with E-state index in [1.165, 1.54) is 6.92 Å². The summed E-state index contributed by atoms with van der Waals surface area (Å²) in [5.41, 5.74) is 5.80. The van der Waals surface area contributed by atoms with Crippen LogP contribution in [-0.4, -0.2) is 22.6 Å². The van der Waals surface area contributed by atoms with Crippen molar-refractivity contribution in [2.75, 3.05) is 7.11 Å². The van der Waals surface area contributed by atoms with Crippen molar-refractivity contribution in [2.45, 2.75) is 19.9 Å². The molecule has 4 rings (SSSR count). The van der Waals surface area contributed by atoms with Gasteiger partial charge in [-0.2, -0.15) is 0 Å². The molecule has 0 radical (unpaired) electrons. The molecule has 4 aromatic rings. The number of benzene rings is 3. The van der Waals surface area contributed by atoms with Crippen LogP contribution in [0.2, 0.25) is 5.02 Å². The number of methoxy groups -OCH3 is 1. The molecule has 0 bridgehead atoms. The summed E-state index contributed by atoms with van der Waals surface area (Å²) < 4.78 is 7.56. The number of halogens is 1. The van der Waals surface area contributed by atoms with Gasteiger partial charge in [0, 0.05) is 23.2 Å². The largest absolute Gasteiger partial charge is 0.496 e. The zero-order valence-corrected chi connectivity index (χ0v) is 17.8. The average molecular weight is 420 g/mol. The standard InChI is InChI=1S/C24H22ClN3O2/c1-15(27-16(2)29)17-7-9-23-22(12-17)26-14-28(23)20-6-4-5-18(11-20)21-13-19(25)8-10-24(21)30-3/h4-15H,1-3H3,(H,27,29). The topological polar surface area (TPSA) is 56.1 Å². The molecule has 1 aromatic heterocycles. The van der Waals surface area contributed by atoms with E-state index in [4.69, 9.17) is 16.3 Å². The van der Waals surface area contributed by atoms with Gasteiger partial charge in [-0.3, -0.25) is 9.36 Å². The van der Waals surface area contributed by atoms with Crippen LogP contribution in [0.3, 0.4) is 0 Å². The smallest absolute Gasteiger partial charge is 0.217 e. The van der Waals surface area contributed by atoms with Crippen molar-refractivity contribution in [1.29, 1.82) is 0 Å². The van der Waals surface area contributed by atoms with Gasteiger partial charge in [0.2, 0.25) is 5.91 Å². The summed E-state index contributed by atoms with van der Waals surface area (Å²) >= 11 is 6.22. The molecular formula is C24H22ClN3O2. The van der Waals surface area contributed by atoms with Crippen LogP contribution in [0, 0.1) is 0 Å². The van der Waals surface area contributed by atoms with Gasteiger partial charge in [-0.05, 0) is 60.5 Å². The molecule has 3 aromatic carbocycles. The first-order chi connectivity index (χ1) is 14.5. The Balaban J connectivity index is 1.74. The van der Waals surface area contributed by atoms with Gasteiger partial charge in [0.1, 0.15) is 12.1 Å². The number of nitrogens with one attached hydrogen (secondary N) is 1. The number of amides is 1. The third kappa shape index (κ3) is 3.89. The fraction of sp³-hybridized carbons (Fsp3) is 0.167. The number of rotatable bonds is 5. The van der Waals surface area contributed by atoms with Crippen LogP contribution >= 0.6 is 11.6 Å². The van der Waals surface area contributed by atoms with E-state index in [0.717, 1.165) is 39.2 Å². The average Bonchev–Trinajstić information content (AvgIpc) is 3.16. The molecule has 0 aliphatic rings. The van der Waals surface area contributed by atoms with E-state index in [0.29, 0.717) is 5.02 Å². The van der Waals surface area contributed by atoms with Crippen molar-refractivity contribution in [2.24, 2.45) is 0 Å². The molecule has 0 saturated heterocycles. The second-order valence-corrected chi connectivity index (χ2v) is 7.62. The summed E-state index contributed by atoms with van der Waals surface area (Å²) in [5, 5.41) is 3.56. The maximum Gasteiger partial charge on any atom is 0.217 e. The minimum absolute atomic E-state index is 0.0543. The molecule has 1 heterocycles. The Morgan fingerprint density at radius 1 is 1.13 bits per heavy atom. The first-order valence-corrected chi connectivity index (χ1v) is 10.0. The van der Waals surface area contributed by atoms with Crippen LogP contribution in [0.5, 0.6) is 5.75 Å². The summed E-state index contributed by atoms with van der Waals surface area (Å²) in [5.74, 6) is 0.713. The Hall–Kier alpha value is -3.31. The molecule has 1 amide bonds. The lowest BCUT2D eigenvalue weighted by Gasteiger charge is -2.13. The minimum Gasteiger partial charge on any atom is -0.496 e. The zero-order valence-electron chi connectivity index (χ0n) is 17.0. The fourth-order valence-corrected chi connectivity index (χ4v) is 3.79. The molecule has 30 heavy (non-hydrogen) atoms. The lowest BCUT2D eigenvalue weighted by molar-refractivity contribution is -0.119. The van der Waals surface area contributed by atoms with Crippen LogP contribution in [0.4, 0.5) is 0 Å². The molecule has 152 valence electrons. The SMILES string of the molecule is COc1ccc(Cl)cc1-c1cccc(-n2cnc3cc(C(C)NC(C)=O)ccc32)c1. The van der Waals surface area contributed by atoms with E-state index in [1.54, 1.807) is 7.11 Å². The highest BCUT2D eigenvalue weighted by atomic mass is 35.5. The Bertz CT molecular complexity index is 1230. The van der Waals surface area contributed by atoms with Gasteiger partial charge >= 0.3 is 0 Å². The lowest BCUT2D eigenvalue weighted by atomic mass is 10.0. The van der Waals surface area contributed by atoms with Crippen molar-refractivity contribution in [3.05, 3.63) is 77.6 Å². The van der Waals surface area contributed by atoms with E-state index in [2.05, 4.69) is 16.4 Å². The normalized spacial score (nSPS) is 12.0. The van der Waals surface area contributed by atoms with E-state index < -0.39 is 0 Å². The number of carbonyl (C=O) groups is 1. The molecule has 6 heteroatoms. The molecule has 0 spiro atoms. The highest BCUT2D eigenvalue weighted by Gasteiger charge is 2.12. The van der Waals surface area contributed by atoms with Crippen molar-refractivity contribution in [3.63, 3.8) is 0 Å². The van der Waals surface area contributed by atoms with Crippen molar-refractivity contribution in [3.8, 4) is 22.6 Å². The Labute approximate surface area is 180 Å². The summed E-state index contributed by atoms with van der Waals surface area (Å²) in [7, 11) is 1.65. The van der Waals surface area contributed by atoms with E-state index in [9.17, 15) is 4.79 Å². The monoisotopic (exact) mass is 419 g/mol. The number of imidazole rings is 1. The summed E-state index contributed by atoms with van der Waals surface area (Å²) in [4.78, 5) is 15.9. The number of aromatic nitrogens is 2. The quantitative estimate of drug-likeness (QED) is 0.461. The van der Waals surface area contributed by atoms with Crippen molar-refractivity contribution >= 4 is 28.5 Å². The van der Waals surface area contributed by atoms with Gasteiger partial charge in [0.25, 0.3) is 0 Å². The second kappa shape index (κ2) is 8.20. The van der Waals surface area contributed by atoms with Gasteiger partial charge in [-0.1, -0.05) is 29.8 Å². The minimum atomic E-state index is -0.0735. The van der Waals surface area contributed by atoms with Crippen LogP contribution in [0.1, 0.15) is 25.5 Å². The molecule has 1 N–H and O–H groups in total. The number of hydrogen-bond acceptors (Lipinski definition) is 3. The van der Waals surface area contributed by atoms with Crippen LogP contribution in [-0.2, 0) is 4.79 Å². The first kappa shape index (κ1) is 20.0. The van der Waals surface area contributed by atoms with Crippen LogP contribution in [0.15, 0.2) is 67.0 Å². The number of nitrogens with zero attached hydrogens (tertiary/aromatic N) is 2. The third-order valence-electron chi connectivity index (χ3n) is 5.09. The Morgan fingerprint density at radius 3 is 2.73 bits per heavy atom.